The topological polar surface area (TPSA) is 66.2 Å². The normalized spacial score (nSPS) is 12.0. The van der Waals surface area contributed by atoms with Crippen molar-refractivity contribution in [3.05, 3.63) is 24.3 Å². The first-order valence-electron chi connectivity index (χ1n) is 6.94. The highest BCUT2D eigenvalue weighted by Crippen LogP contribution is 2.27. The van der Waals surface area contributed by atoms with Crippen LogP contribution in [0.15, 0.2) is 29.4 Å². The van der Waals surface area contributed by atoms with Gasteiger partial charge < -0.3 is 14.0 Å². The number of esters is 1. The van der Waals surface area contributed by atoms with Crippen LogP contribution in [0.5, 0.6) is 5.75 Å². The Hall–Kier alpha value is -2.02. The summed E-state index contributed by atoms with van der Waals surface area (Å²) in [5.41, 5.74) is 0.937. The molecule has 22 heavy (non-hydrogen) atoms. The predicted octanol–water partition coefficient (Wildman–Crippen LogP) is 2.53. The molecule has 1 aromatic heterocycles. The Morgan fingerprint density at radius 3 is 2.59 bits per heavy atom. The van der Waals surface area contributed by atoms with E-state index in [1.165, 1.54) is 11.8 Å². The van der Waals surface area contributed by atoms with Crippen LogP contribution in [0, 0.1) is 0 Å². The number of carbonyl (C=O) groups is 1. The summed E-state index contributed by atoms with van der Waals surface area (Å²) < 4.78 is 12.0. The van der Waals surface area contributed by atoms with Crippen molar-refractivity contribution < 1.29 is 14.3 Å². The maximum atomic E-state index is 11.7. The number of aromatic nitrogens is 3. The van der Waals surface area contributed by atoms with Gasteiger partial charge >= 0.3 is 5.97 Å². The fraction of sp³-hybridized carbons (Fsp3) is 0.400. The summed E-state index contributed by atoms with van der Waals surface area (Å²) >= 11 is 1.33. The number of hydrogen-bond donors (Lipinski definition) is 0. The summed E-state index contributed by atoms with van der Waals surface area (Å²) in [6, 6.07) is 7.59. The van der Waals surface area contributed by atoms with Gasteiger partial charge in [0.05, 0.1) is 13.7 Å². The van der Waals surface area contributed by atoms with Gasteiger partial charge in [-0.1, -0.05) is 11.8 Å². The van der Waals surface area contributed by atoms with E-state index in [0.29, 0.717) is 11.8 Å². The minimum absolute atomic E-state index is 0.249. The van der Waals surface area contributed by atoms with Crippen molar-refractivity contribution in [1.82, 2.24) is 14.8 Å². The van der Waals surface area contributed by atoms with Crippen LogP contribution in [0.1, 0.15) is 13.8 Å². The number of ether oxygens (including phenoxy) is 2. The first-order valence-corrected chi connectivity index (χ1v) is 7.81. The van der Waals surface area contributed by atoms with Crippen LogP contribution in [0.2, 0.25) is 0 Å². The Morgan fingerprint density at radius 1 is 1.32 bits per heavy atom. The Labute approximate surface area is 133 Å². The Bertz CT molecular complexity index is 640. The van der Waals surface area contributed by atoms with Crippen molar-refractivity contribution >= 4 is 17.7 Å². The number of nitrogens with zero attached hydrogens (tertiary/aromatic N) is 3. The van der Waals surface area contributed by atoms with Crippen LogP contribution in [0.25, 0.3) is 11.4 Å². The molecule has 0 saturated heterocycles. The molecule has 7 heteroatoms. The lowest BCUT2D eigenvalue weighted by molar-refractivity contribution is -0.142. The molecule has 2 rings (SSSR count). The molecule has 0 N–H and O–H groups in total. The van der Waals surface area contributed by atoms with E-state index < -0.39 is 0 Å². The summed E-state index contributed by atoms with van der Waals surface area (Å²) in [7, 11) is 3.50. The zero-order valence-corrected chi connectivity index (χ0v) is 13.9. The highest BCUT2D eigenvalue weighted by molar-refractivity contribution is 8.00. The number of rotatable bonds is 6. The minimum Gasteiger partial charge on any atom is -0.497 e. The van der Waals surface area contributed by atoms with Crippen molar-refractivity contribution in [3.8, 4) is 17.1 Å². The number of thioether (sulfide) groups is 1. The summed E-state index contributed by atoms with van der Waals surface area (Å²) in [5.74, 6) is 1.28. The van der Waals surface area contributed by atoms with E-state index in [9.17, 15) is 4.79 Å². The number of carbonyl (C=O) groups excluding carboxylic acids is 1. The van der Waals surface area contributed by atoms with Crippen LogP contribution in [-0.2, 0) is 16.6 Å². The second-order valence-corrected chi connectivity index (χ2v) is 5.91. The van der Waals surface area contributed by atoms with E-state index in [1.807, 2.05) is 35.9 Å². The Kier molecular flexibility index (Phi) is 5.43. The average molecular weight is 321 g/mol. The molecule has 0 aliphatic heterocycles. The lowest BCUT2D eigenvalue weighted by atomic mass is 10.2. The third-order valence-corrected chi connectivity index (χ3v) is 4.20. The third-order valence-electron chi connectivity index (χ3n) is 3.08. The van der Waals surface area contributed by atoms with E-state index in [1.54, 1.807) is 21.0 Å². The average Bonchev–Trinajstić information content (AvgIpc) is 2.88. The van der Waals surface area contributed by atoms with Gasteiger partial charge in [0.25, 0.3) is 0 Å². The zero-order chi connectivity index (χ0) is 16.1. The highest BCUT2D eigenvalue weighted by atomic mass is 32.2. The third kappa shape index (κ3) is 3.59. The maximum absolute atomic E-state index is 11.7. The summed E-state index contributed by atoms with van der Waals surface area (Å²) in [6.07, 6.45) is 0. The van der Waals surface area contributed by atoms with Crippen molar-refractivity contribution in [3.63, 3.8) is 0 Å². The molecular weight excluding hydrogens is 302 g/mol. The molecule has 0 aliphatic carbocycles. The van der Waals surface area contributed by atoms with E-state index in [-0.39, 0.29) is 11.2 Å². The molecule has 0 amide bonds. The molecular formula is C15H19N3O3S. The maximum Gasteiger partial charge on any atom is 0.319 e. The Balaban J connectivity index is 2.16. The minimum atomic E-state index is -0.327. The molecule has 0 spiro atoms. The van der Waals surface area contributed by atoms with Gasteiger partial charge in [-0.3, -0.25) is 4.79 Å². The van der Waals surface area contributed by atoms with Gasteiger partial charge in [0.1, 0.15) is 11.0 Å². The van der Waals surface area contributed by atoms with Crippen molar-refractivity contribution in [2.45, 2.75) is 24.3 Å². The predicted molar refractivity (Wildman–Crippen MR) is 84.9 cm³/mol. The van der Waals surface area contributed by atoms with Crippen LogP contribution in [-0.4, -0.2) is 39.7 Å². The van der Waals surface area contributed by atoms with E-state index >= 15 is 0 Å². The molecule has 0 bridgehead atoms. The van der Waals surface area contributed by atoms with Crippen LogP contribution in [0.4, 0.5) is 0 Å². The smallest absolute Gasteiger partial charge is 0.319 e. The molecule has 0 saturated carbocycles. The van der Waals surface area contributed by atoms with Gasteiger partial charge in [0.15, 0.2) is 11.0 Å². The quantitative estimate of drug-likeness (QED) is 0.602. The summed E-state index contributed by atoms with van der Waals surface area (Å²) in [5, 5.41) is 8.70. The monoisotopic (exact) mass is 321 g/mol. The van der Waals surface area contributed by atoms with Gasteiger partial charge in [0.2, 0.25) is 0 Å². The van der Waals surface area contributed by atoms with Gasteiger partial charge in [-0.2, -0.15) is 0 Å². The molecule has 1 atom stereocenters. The Morgan fingerprint density at radius 2 is 2.00 bits per heavy atom. The van der Waals surface area contributed by atoms with Crippen LogP contribution in [0.3, 0.4) is 0 Å². The molecule has 0 aliphatic rings. The van der Waals surface area contributed by atoms with Gasteiger partial charge in [-0.05, 0) is 38.1 Å². The second kappa shape index (κ2) is 7.31. The lowest BCUT2D eigenvalue weighted by Gasteiger charge is -2.09. The van der Waals surface area contributed by atoms with E-state index in [2.05, 4.69) is 10.2 Å². The number of methoxy groups -OCH3 is 1. The van der Waals surface area contributed by atoms with Crippen molar-refractivity contribution in [2.24, 2.45) is 7.05 Å². The van der Waals surface area contributed by atoms with Crippen molar-refractivity contribution in [2.75, 3.05) is 13.7 Å². The standard InChI is InChI=1S/C15H19N3O3S/c1-5-21-14(19)10(2)22-15-17-16-13(18(15)3)11-6-8-12(20-4)9-7-11/h6-10H,5H2,1-4H3/t10-/m0/s1. The molecule has 0 fully saturated rings. The number of hydrogen-bond acceptors (Lipinski definition) is 6. The van der Waals surface area contributed by atoms with Gasteiger partial charge in [0, 0.05) is 12.6 Å². The fourth-order valence-electron chi connectivity index (χ4n) is 1.87. The van der Waals surface area contributed by atoms with Gasteiger partial charge in [-0.15, -0.1) is 10.2 Å². The first-order chi connectivity index (χ1) is 10.6. The van der Waals surface area contributed by atoms with E-state index in [4.69, 9.17) is 9.47 Å². The molecule has 6 nitrogen and oxygen atoms in total. The van der Waals surface area contributed by atoms with Crippen molar-refractivity contribution in [1.29, 1.82) is 0 Å². The molecule has 118 valence electrons. The number of benzene rings is 1. The molecule has 0 radical (unpaired) electrons. The zero-order valence-electron chi connectivity index (χ0n) is 13.1. The molecule has 2 aromatic rings. The lowest BCUT2D eigenvalue weighted by Crippen LogP contribution is -2.17. The highest BCUT2D eigenvalue weighted by Gasteiger charge is 2.20. The summed E-state index contributed by atoms with van der Waals surface area (Å²) in [4.78, 5) is 11.7. The largest absolute Gasteiger partial charge is 0.497 e. The summed E-state index contributed by atoms with van der Waals surface area (Å²) in [6.45, 7) is 3.96. The van der Waals surface area contributed by atoms with E-state index in [0.717, 1.165) is 17.1 Å². The first kappa shape index (κ1) is 16.4. The van der Waals surface area contributed by atoms with Crippen LogP contribution >= 0.6 is 11.8 Å². The molecule has 1 aromatic carbocycles. The molecule has 1 heterocycles. The fourth-order valence-corrected chi connectivity index (χ4v) is 2.69. The van der Waals surface area contributed by atoms with Gasteiger partial charge in [-0.25, -0.2) is 0 Å². The SMILES string of the molecule is CCOC(=O)[C@H](C)Sc1nnc(-c2ccc(OC)cc2)n1C. The molecule has 0 unspecified atom stereocenters. The second-order valence-electron chi connectivity index (χ2n) is 4.61. The van der Waals surface area contributed by atoms with Crippen LogP contribution < -0.4 is 4.74 Å².